The summed E-state index contributed by atoms with van der Waals surface area (Å²) in [5.41, 5.74) is 6.02. The van der Waals surface area contributed by atoms with Crippen LogP contribution < -0.4 is 0 Å². The van der Waals surface area contributed by atoms with Crippen molar-refractivity contribution in [1.82, 2.24) is 4.90 Å². The number of carbonyl (C=O) groups is 1. The number of ketones is 1. The highest BCUT2D eigenvalue weighted by Crippen LogP contribution is 2.36. The van der Waals surface area contributed by atoms with E-state index in [-0.39, 0.29) is 5.78 Å². The van der Waals surface area contributed by atoms with Crippen molar-refractivity contribution in [2.24, 2.45) is 0 Å². The highest BCUT2D eigenvalue weighted by molar-refractivity contribution is 6.06. The summed E-state index contributed by atoms with van der Waals surface area (Å²) in [5.74, 6) is 0.0673. The molecule has 0 aromatic heterocycles. The van der Waals surface area contributed by atoms with Crippen LogP contribution in [0.1, 0.15) is 47.2 Å². The molecule has 0 radical (unpaired) electrons. The molecule has 0 N–H and O–H groups in total. The van der Waals surface area contributed by atoms with Gasteiger partial charge in [-0.25, -0.2) is 0 Å². The maximum Gasteiger partial charge on any atom is 0.185 e. The van der Waals surface area contributed by atoms with Crippen LogP contribution in [0.3, 0.4) is 0 Å². The van der Waals surface area contributed by atoms with Crippen LogP contribution in [0.15, 0.2) is 72.4 Å². The lowest BCUT2D eigenvalue weighted by Crippen LogP contribution is -2.24. The van der Waals surface area contributed by atoms with E-state index in [4.69, 9.17) is 0 Å². The molecule has 2 aromatic carbocycles. The standard InChI is InChI=1S/C24H25NO/c26-24(19-10-4-3-5-11-19)15-14-22-21-13-7-6-12-20(21)18-23(22)25-16-8-1-2-9-17-25/h3-7,10-15H,1-2,8-9,16-18H2. The molecule has 2 aromatic rings. The lowest BCUT2D eigenvalue weighted by molar-refractivity contribution is 0.104. The van der Waals surface area contributed by atoms with Gasteiger partial charge in [-0.3, -0.25) is 4.79 Å². The van der Waals surface area contributed by atoms with Crippen molar-refractivity contribution in [3.05, 3.63) is 89.1 Å². The second-order valence-corrected chi connectivity index (χ2v) is 7.16. The molecule has 132 valence electrons. The fraction of sp³-hybridized carbons (Fsp3) is 0.292. The number of carbonyl (C=O) groups excluding carboxylic acids is 1. The molecule has 1 saturated heterocycles. The molecule has 2 nitrogen and oxygen atoms in total. The Balaban J connectivity index is 1.66. The average Bonchev–Trinajstić information content (AvgIpc) is 2.86. The van der Waals surface area contributed by atoms with Crippen molar-refractivity contribution >= 4 is 11.4 Å². The van der Waals surface area contributed by atoms with E-state index in [0.717, 1.165) is 25.1 Å². The van der Waals surface area contributed by atoms with Crippen LogP contribution in [0.2, 0.25) is 0 Å². The smallest absolute Gasteiger partial charge is 0.185 e. The van der Waals surface area contributed by atoms with Crippen LogP contribution in [-0.2, 0) is 6.42 Å². The Morgan fingerprint density at radius 3 is 2.31 bits per heavy atom. The Labute approximate surface area is 155 Å². The van der Waals surface area contributed by atoms with E-state index in [1.54, 1.807) is 6.08 Å². The molecule has 1 heterocycles. The van der Waals surface area contributed by atoms with Crippen LogP contribution in [0, 0.1) is 0 Å². The first-order valence-electron chi connectivity index (χ1n) is 9.67. The van der Waals surface area contributed by atoms with Gasteiger partial charge in [0.15, 0.2) is 5.78 Å². The average molecular weight is 343 g/mol. The fourth-order valence-corrected chi connectivity index (χ4v) is 4.03. The van der Waals surface area contributed by atoms with E-state index in [0.29, 0.717) is 0 Å². The van der Waals surface area contributed by atoms with Gasteiger partial charge in [-0.2, -0.15) is 0 Å². The third-order valence-electron chi connectivity index (χ3n) is 5.42. The number of hydrogen-bond acceptors (Lipinski definition) is 2. The largest absolute Gasteiger partial charge is 0.374 e. The van der Waals surface area contributed by atoms with Crippen molar-refractivity contribution in [3.63, 3.8) is 0 Å². The van der Waals surface area contributed by atoms with E-state index in [2.05, 4.69) is 29.2 Å². The van der Waals surface area contributed by atoms with Crippen molar-refractivity contribution in [1.29, 1.82) is 0 Å². The first-order chi connectivity index (χ1) is 12.8. The molecular formula is C24H25NO. The van der Waals surface area contributed by atoms with E-state index in [1.165, 1.54) is 48.1 Å². The maximum absolute atomic E-state index is 12.5. The van der Waals surface area contributed by atoms with Crippen molar-refractivity contribution in [2.45, 2.75) is 32.1 Å². The first-order valence-corrected chi connectivity index (χ1v) is 9.67. The lowest BCUT2D eigenvalue weighted by Gasteiger charge is -2.25. The maximum atomic E-state index is 12.5. The minimum Gasteiger partial charge on any atom is -0.374 e. The van der Waals surface area contributed by atoms with Crippen LogP contribution in [0.25, 0.3) is 5.57 Å². The highest BCUT2D eigenvalue weighted by Gasteiger charge is 2.24. The highest BCUT2D eigenvalue weighted by atomic mass is 16.1. The van der Waals surface area contributed by atoms with Crippen LogP contribution >= 0.6 is 0 Å². The van der Waals surface area contributed by atoms with Gasteiger partial charge < -0.3 is 4.90 Å². The third kappa shape index (κ3) is 3.50. The predicted octanol–water partition coefficient (Wildman–Crippen LogP) is 5.27. The number of benzene rings is 2. The summed E-state index contributed by atoms with van der Waals surface area (Å²) < 4.78 is 0. The van der Waals surface area contributed by atoms with Gasteiger partial charge in [0.25, 0.3) is 0 Å². The fourth-order valence-electron chi connectivity index (χ4n) is 4.03. The zero-order valence-corrected chi connectivity index (χ0v) is 15.2. The van der Waals surface area contributed by atoms with Gasteiger partial charge in [-0.1, -0.05) is 67.4 Å². The van der Waals surface area contributed by atoms with E-state index >= 15 is 0 Å². The van der Waals surface area contributed by atoms with E-state index in [9.17, 15) is 4.79 Å². The molecule has 1 fully saturated rings. The first kappa shape index (κ1) is 16.8. The zero-order valence-electron chi connectivity index (χ0n) is 15.2. The zero-order chi connectivity index (χ0) is 17.8. The molecule has 1 aliphatic carbocycles. The Morgan fingerprint density at radius 2 is 1.54 bits per heavy atom. The third-order valence-corrected chi connectivity index (χ3v) is 5.42. The molecule has 2 heteroatoms. The number of allylic oxidation sites excluding steroid dienone is 4. The predicted molar refractivity (Wildman–Crippen MR) is 107 cm³/mol. The van der Waals surface area contributed by atoms with Crippen LogP contribution in [0.4, 0.5) is 0 Å². The number of fused-ring (bicyclic) bond motifs is 1. The lowest BCUT2D eigenvalue weighted by atomic mass is 10.0. The SMILES string of the molecule is O=C(C=CC1=C(N2CCCCCC2)Cc2ccccc21)c1ccccc1. The Bertz CT molecular complexity index is 840. The normalized spacial score (nSPS) is 17.5. The second-order valence-electron chi connectivity index (χ2n) is 7.16. The summed E-state index contributed by atoms with van der Waals surface area (Å²) in [6.45, 7) is 2.26. The molecule has 4 rings (SSSR count). The topological polar surface area (TPSA) is 20.3 Å². The van der Waals surface area contributed by atoms with Gasteiger partial charge in [0, 0.05) is 36.3 Å². The van der Waals surface area contributed by atoms with Crippen molar-refractivity contribution in [3.8, 4) is 0 Å². The van der Waals surface area contributed by atoms with Gasteiger partial charge >= 0.3 is 0 Å². The minimum atomic E-state index is 0.0673. The Kier molecular flexibility index (Phi) is 5.01. The van der Waals surface area contributed by atoms with Crippen molar-refractivity contribution in [2.75, 3.05) is 13.1 Å². The minimum absolute atomic E-state index is 0.0673. The summed E-state index contributed by atoms with van der Waals surface area (Å²) in [7, 11) is 0. The van der Waals surface area contributed by atoms with Gasteiger partial charge in [0.05, 0.1) is 0 Å². The molecule has 1 aliphatic heterocycles. The van der Waals surface area contributed by atoms with Gasteiger partial charge in [-0.05, 0) is 36.1 Å². The molecule has 0 amide bonds. The molecule has 0 unspecified atom stereocenters. The quantitative estimate of drug-likeness (QED) is 0.557. The summed E-state index contributed by atoms with van der Waals surface area (Å²) >= 11 is 0. The number of nitrogens with zero attached hydrogens (tertiary/aromatic N) is 1. The molecule has 0 saturated carbocycles. The molecule has 0 atom stereocenters. The van der Waals surface area contributed by atoms with Crippen LogP contribution in [-0.4, -0.2) is 23.8 Å². The number of hydrogen-bond donors (Lipinski definition) is 0. The molecular weight excluding hydrogens is 318 g/mol. The summed E-state index contributed by atoms with van der Waals surface area (Å²) in [5, 5.41) is 0. The molecule has 2 aliphatic rings. The van der Waals surface area contributed by atoms with E-state index < -0.39 is 0 Å². The number of likely N-dealkylation sites (tertiary alicyclic amines) is 1. The Hall–Kier alpha value is -2.61. The van der Waals surface area contributed by atoms with Gasteiger partial charge in [0.2, 0.25) is 0 Å². The summed E-state index contributed by atoms with van der Waals surface area (Å²) in [6, 6.07) is 18.1. The number of rotatable bonds is 4. The van der Waals surface area contributed by atoms with Crippen LogP contribution in [0.5, 0.6) is 0 Å². The van der Waals surface area contributed by atoms with Gasteiger partial charge in [0.1, 0.15) is 0 Å². The molecule has 26 heavy (non-hydrogen) atoms. The summed E-state index contributed by atoms with van der Waals surface area (Å²) in [6.07, 6.45) is 9.95. The molecule has 0 spiro atoms. The van der Waals surface area contributed by atoms with Crippen molar-refractivity contribution < 1.29 is 4.79 Å². The monoisotopic (exact) mass is 343 g/mol. The van der Waals surface area contributed by atoms with E-state index in [1.807, 2.05) is 36.4 Å². The second kappa shape index (κ2) is 7.74. The Morgan fingerprint density at radius 1 is 0.846 bits per heavy atom. The molecule has 0 bridgehead atoms. The van der Waals surface area contributed by atoms with Gasteiger partial charge in [-0.15, -0.1) is 0 Å². The summed E-state index contributed by atoms with van der Waals surface area (Å²) in [4.78, 5) is 15.1.